The van der Waals surface area contributed by atoms with Gasteiger partial charge in [-0.05, 0) is 27.6 Å². The van der Waals surface area contributed by atoms with Crippen LogP contribution in [0.2, 0.25) is 0 Å². The molecule has 3 nitrogen and oxygen atoms in total. The van der Waals surface area contributed by atoms with Crippen molar-refractivity contribution in [3.63, 3.8) is 0 Å². The first-order valence-electron chi connectivity index (χ1n) is 3.66. The minimum atomic E-state index is -0.940. The predicted molar refractivity (Wildman–Crippen MR) is 51.8 cm³/mol. The average Bonchev–Trinajstić information content (AvgIpc) is 2.08. The van der Waals surface area contributed by atoms with E-state index in [1.165, 1.54) is 0 Å². The zero-order valence-corrected chi connectivity index (χ0v) is 8.67. The van der Waals surface area contributed by atoms with Crippen molar-refractivity contribution in [1.29, 1.82) is 0 Å². The maximum absolute atomic E-state index is 10.7. The van der Waals surface area contributed by atoms with E-state index < -0.39 is 5.97 Å². The van der Waals surface area contributed by atoms with Gasteiger partial charge in [-0.2, -0.15) is 0 Å². The largest absolute Gasteiger partial charge is 0.478 e. The van der Waals surface area contributed by atoms with Crippen molar-refractivity contribution in [2.75, 3.05) is 7.11 Å². The summed E-state index contributed by atoms with van der Waals surface area (Å²) in [5.74, 6) is -0.940. The first-order valence-corrected chi connectivity index (χ1v) is 4.45. The van der Waals surface area contributed by atoms with Crippen LogP contribution >= 0.6 is 15.9 Å². The lowest BCUT2D eigenvalue weighted by Gasteiger charge is -2.05. The number of methoxy groups -OCH3 is 1. The molecule has 0 unspecified atom stereocenters. The van der Waals surface area contributed by atoms with E-state index in [2.05, 4.69) is 15.9 Å². The summed E-state index contributed by atoms with van der Waals surface area (Å²) in [6.07, 6.45) is 0. The number of rotatable bonds is 3. The maximum atomic E-state index is 10.7. The Balaban J connectivity index is 3.10. The van der Waals surface area contributed by atoms with Crippen molar-refractivity contribution in [3.05, 3.63) is 33.8 Å². The molecule has 13 heavy (non-hydrogen) atoms. The zero-order chi connectivity index (χ0) is 9.84. The molecule has 1 aromatic rings. The number of carboxylic acids is 1. The third-order valence-corrected chi connectivity index (χ3v) is 2.55. The maximum Gasteiger partial charge on any atom is 0.336 e. The van der Waals surface area contributed by atoms with Gasteiger partial charge in [0.15, 0.2) is 0 Å². The summed E-state index contributed by atoms with van der Waals surface area (Å²) in [5.41, 5.74) is 1.09. The van der Waals surface area contributed by atoms with Crippen LogP contribution in [0.5, 0.6) is 0 Å². The van der Waals surface area contributed by atoms with Crippen LogP contribution in [0.25, 0.3) is 0 Å². The molecular formula is C9H9BrO3. The second-order valence-corrected chi connectivity index (χ2v) is 3.31. The van der Waals surface area contributed by atoms with Crippen molar-refractivity contribution in [1.82, 2.24) is 0 Å². The molecule has 0 aromatic heterocycles. The van der Waals surface area contributed by atoms with Gasteiger partial charge in [-0.25, -0.2) is 4.79 Å². The molecule has 1 N–H and O–H groups in total. The highest BCUT2D eigenvalue weighted by molar-refractivity contribution is 9.10. The van der Waals surface area contributed by atoms with Gasteiger partial charge in [-0.1, -0.05) is 12.1 Å². The minimum absolute atomic E-state index is 0.259. The highest BCUT2D eigenvalue weighted by atomic mass is 79.9. The molecule has 70 valence electrons. The molecule has 0 saturated heterocycles. The van der Waals surface area contributed by atoms with Crippen LogP contribution in [0.4, 0.5) is 0 Å². The normalized spacial score (nSPS) is 10.0. The van der Waals surface area contributed by atoms with Gasteiger partial charge in [-0.15, -0.1) is 0 Å². The smallest absolute Gasteiger partial charge is 0.336 e. The lowest BCUT2D eigenvalue weighted by molar-refractivity contribution is 0.0695. The Labute approximate surface area is 84.5 Å². The van der Waals surface area contributed by atoms with Crippen LogP contribution < -0.4 is 0 Å². The van der Waals surface area contributed by atoms with Crippen molar-refractivity contribution in [2.24, 2.45) is 0 Å². The molecule has 0 aliphatic carbocycles. The Bertz CT molecular complexity index is 323. The van der Waals surface area contributed by atoms with E-state index in [1.807, 2.05) is 6.07 Å². The second-order valence-electron chi connectivity index (χ2n) is 2.52. The third-order valence-electron chi connectivity index (χ3n) is 1.61. The van der Waals surface area contributed by atoms with Crippen LogP contribution in [-0.4, -0.2) is 18.2 Å². The van der Waals surface area contributed by atoms with Crippen molar-refractivity contribution in [3.8, 4) is 0 Å². The number of ether oxygens (including phenoxy) is 1. The Morgan fingerprint density at radius 2 is 2.31 bits per heavy atom. The summed E-state index contributed by atoms with van der Waals surface area (Å²) in [5, 5.41) is 8.79. The Morgan fingerprint density at radius 1 is 1.62 bits per heavy atom. The van der Waals surface area contributed by atoms with E-state index >= 15 is 0 Å². The number of carboxylic acid groups (broad SMARTS) is 1. The summed E-state index contributed by atoms with van der Waals surface area (Å²) in [7, 11) is 1.57. The van der Waals surface area contributed by atoms with Crippen LogP contribution in [-0.2, 0) is 11.3 Å². The summed E-state index contributed by atoms with van der Waals surface area (Å²) in [6.45, 7) is 0.404. The van der Waals surface area contributed by atoms with Gasteiger partial charge in [-0.3, -0.25) is 0 Å². The van der Waals surface area contributed by atoms with Crippen LogP contribution in [0.3, 0.4) is 0 Å². The summed E-state index contributed by atoms with van der Waals surface area (Å²) < 4.78 is 5.51. The first kappa shape index (κ1) is 10.2. The fourth-order valence-electron chi connectivity index (χ4n) is 1.01. The number of halogens is 1. The summed E-state index contributed by atoms with van der Waals surface area (Å²) >= 11 is 3.22. The van der Waals surface area contributed by atoms with Gasteiger partial charge in [0, 0.05) is 11.6 Å². The van der Waals surface area contributed by atoms with Gasteiger partial charge < -0.3 is 9.84 Å². The molecule has 1 rings (SSSR count). The van der Waals surface area contributed by atoms with Crippen molar-refractivity contribution >= 4 is 21.9 Å². The molecule has 0 fully saturated rings. The summed E-state index contributed by atoms with van der Waals surface area (Å²) in [6, 6.07) is 5.06. The van der Waals surface area contributed by atoms with Gasteiger partial charge >= 0.3 is 5.97 Å². The van der Waals surface area contributed by atoms with E-state index in [1.54, 1.807) is 19.2 Å². The number of hydrogen-bond donors (Lipinski definition) is 1. The SMILES string of the molecule is COCc1cccc(C(=O)O)c1Br. The predicted octanol–water partition coefficient (Wildman–Crippen LogP) is 2.29. The molecule has 0 saturated carbocycles. The fourth-order valence-corrected chi connectivity index (χ4v) is 1.56. The molecule has 0 heterocycles. The van der Waals surface area contributed by atoms with Gasteiger partial charge in [0.05, 0.1) is 12.2 Å². The van der Waals surface area contributed by atoms with Gasteiger partial charge in [0.1, 0.15) is 0 Å². The molecule has 0 bridgehead atoms. The van der Waals surface area contributed by atoms with E-state index in [-0.39, 0.29) is 5.56 Å². The second kappa shape index (κ2) is 4.39. The minimum Gasteiger partial charge on any atom is -0.478 e. The molecule has 1 aromatic carbocycles. The fraction of sp³-hybridized carbons (Fsp3) is 0.222. The van der Waals surface area contributed by atoms with E-state index in [0.29, 0.717) is 11.1 Å². The number of aromatic carboxylic acids is 1. The standard InChI is InChI=1S/C9H9BrO3/c1-13-5-6-3-2-4-7(8(6)10)9(11)12/h2-4H,5H2,1H3,(H,11,12). The quantitative estimate of drug-likeness (QED) is 0.888. The molecule has 0 amide bonds. The zero-order valence-electron chi connectivity index (χ0n) is 7.08. The molecule has 0 aliphatic rings. The highest BCUT2D eigenvalue weighted by Gasteiger charge is 2.10. The summed E-state index contributed by atoms with van der Waals surface area (Å²) in [4.78, 5) is 10.7. The first-order chi connectivity index (χ1) is 6.16. The topological polar surface area (TPSA) is 46.5 Å². The van der Waals surface area contributed by atoms with Crippen LogP contribution in [0, 0.1) is 0 Å². The third kappa shape index (κ3) is 2.29. The molecular weight excluding hydrogens is 236 g/mol. The molecule has 0 spiro atoms. The Hall–Kier alpha value is -0.870. The Morgan fingerprint density at radius 3 is 2.85 bits per heavy atom. The van der Waals surface area contributed by atoms with Crippen LogP contribution in [0.15, 0.2) is 22.7 Å². The van der Waals surface area contributed by atoms with Crippen molar-refractivity contribution in [2.45, 2.75) is 6.61 Å². The molecule has 0 atom stereocenters. The Kier molecular flexibility index (Phi) is 3.45. The van der Waals surface area contributed by atoms with E-state index in [0.717, 1.165) is 5.56 Å². The van der Waals surface area contributed by atoms with E-state index in [4.69, 9.17) is 9.84 Å². The van der Waals surface area contributed by atoms with E-state index in [9.17, 15) is 4.79 Å². The number of benzene rings is 1. The number of hydrogen-bond acceptors (Lipinski definition) is 2. The number of carbonyl (C=O) groups is 1. The average molecular weight is 245 g/mol. The molecule has 4 heteroatoms. The molecule has 0 radical (unpaired) electrons. The lowest BCUT2D eigenvalue weighted by atomic mass is 10.1. The highest BCUT2D eigenvalue weighted by Crippen LogP contribution is 2.22. The lowest BCUT2D eigenvalue weighted by Crippen LogP contribution is -2.00. The van der Waals surface area contributed by atoms with Gasteiger partial charge in [0.25, 0.3) is 0 Å². The molecule has 0 aliphatic heterocycles. The van der Waals surface area contributed by atoms with Crippen LogP contribution in [0.1, 0.15) is 15.9 Å². The monoisotopic (exact) mass is 244 g/mol. The van der Waals surface area contributed by atoms with Gasteiger partial charge in [0.2, 0.25) is 0 Å². The van der Waals surface area contributed by atoms with Crippen molar-refractivity contribution < 1.29 is 14.6 Å².